The van der Waals surface area contributed by atoms with E-state index in [1.54, 1.807) is 0 Å². The lowest BCUT2D eigenvalue weighted by Gasteiger charge is -2.11. The van der Waals surface area contributed by atoms with Gasteiger partial charge in [-0.2, -0.15) is 0 Å². The maximum absolute atomic E-state index is 5.89. The predicted octanol–water partition coefficient (Wildman–Crippen LogP) is 3.37. The second-order valence-corrected chi connectivity index (χ2v) is 4.65. The molecule has 0 unspecified atom stereocenters. The van der Waals surface area contributed by atoms with E-state index in [-0.39, 0.29) is 0 Å². The molecule has 3 rings (SSSR count). The monoisotopic (exact) mass is 224 g/mol. The standard InChI is InChI=1S/C15H16N2/c1-2-11-14-7-9(16)3-5-12(14)13-6-4-10(17)8-15(11)13/h3-8,11H,2,16-17H2,1H3. The molecular weight excluding hydrogens is 208 g/mol. The minimum absolute atomic E-state index is 0.437. The Bertz CT molecular complexity index is 536. The van der Waals surface area contributed by atoms with Crippen LogP contribution in [0.5, 0.6) is 0 Å². The summed E-state index contributed by atoms with van der Waals surface area (Å²) < 4.78 is 0. The summed E-state index contributed by atoms with van der Waals surface area (Å²) in [7, 11) is 0. The fourth-order valence-corrected chi connectivity index (χ4v) is 2.84. The third kappa shape index (κ3) is 1.41. The van der Waals surface area contributed by atoms with Crippen molar-refractivity contribution in [1.82, 2.24) is 0 Å². The first kappa shape index (κ1) is 10.2. The van der Waals surface area contributed by atoms with E-state index in [2.05, 4.69) is 31.2 Å². The largest absolute Gasteiger partial charge is 0.399 e. The Morgan fingerprint density at radius 1 is 0.882 bits per heavy atom. The van der Waals surface area contributed by atoms with Crippen molar-refractivity contribution in [3.63, 3.8) is 0 Å². The third-order valence-corrected chi connectivity index (χ3v) is 3.60. The molecule has 2 nitrogen and oxygen atoms in total. The average molecular weight is 224 g/mol. The number of fused-ring (bicyclic) bond motifs is 3. The molecule has 0 atom stereocenters. The summed E-state index contributed by atoms with van der Waals surface area (Å²) in [6, 6.07) is 12.4. The van der Waals surface area contributed by atoms with E-state index in [4.69, 9.17) is 11.5 Å². The highest BCUT2D eigenvalue weighted by Gasteiger charge is 2.27. The lowest BCUT2D eigenvalue weighted by atomic mass is 9.94. The van der Waals surface area contributed by atoms with Gasteiger partial charge in [-0.25, -0.2) is 0 Å². The quantitative estimate of drug-likeness (QED) is 0.730. The molecule has 1 aliphatic rings. The van der Waals surface area contributed by atoms with Gasteiger partial charge >= 0.3 is 0 Å². The van der Waals surface area contributed by atoms with Crippen LogP contribution in [0.2, 0.25) is 0 Å². The van der Waals surface area contributed by atoms with Gasteiger partial charge in [0.1, 0.15) is 0 Å². The zero-order chi connectivity index (χ0) is 12.0. The van der Waals surface area contributed by atoms with Crippen molar-refractivity contribution in [2.45, 2.75) is 19.3 Å². The van der Waals surface area contributed by atoms with Crippen molar-refractivity contribution in [2.24, 2.45) is 0 Å². The number of hydrogen-bond acceptors (Lipinski definition) is 2. The van der Waals surface area contributed by atoms with Crippen molar-refractivity contribution in [3.8, 4) is 11.1 Å². The maximum atomic E-state index is 5.89. The van der Waals surface area contributed by atoms with E-state index < -0.39 is 0 Å². The summed E-state index contributed by atoms with van der Waals surface area (Å²) >= 11 is 0. The molecule has 2 aromatic rings. The van der Waals surface area contributed by atoms with Crippen LogP contribution in [-0.2, 0) is 0 Å². The molecule has 0 spiro atoms. The first-order chi connectivity index (χ1) is 8.20. The molecule has 4 N–H and O–H groups in total. The Labute approximate surface area is 101 Å². The number of nitrogens with two attached hydrogens (primary N) is 2. The Morgan fingerprint density at radius 3 is 1.76 bits per heavy atom. The number of hydrogen-bond donors (Lipinski definition) is 2. The van der Waals surface area contributed by atoms with Crippen molar-refractivity contribution in [3.05, 3.63) is 47.5 Å². The molecule has 0 heterocycles. The predicted molar refractivity (Wildman–Crippen MR) is 72.8 cm³/mol. The second kappa shape index (κ2) is 3.52. The van der Waals surface area contributed by atoms with Crippen LogP contribution in [-0.4, -0.2) is 0 Å². The van der Waals surface area contributed by atoms with E-state index in [1.165, 1.54) is 22.3 Å². The fraction of sp³-hybridized carbons (Fsp3) is 0.200. The van der Waals surface area contributed by atoms with Gasteiger partial charge in [0.2, 0.25) is 0 Å². The van der Waals surface area contributed by atoms with Crippen LogP contribution in [0.1, 0.15) is 30.4 Å². The molecular formula is C15H16N2. The van der Waals surface area contributed by atoms with Crippen LogP contribution in [0.25, 0.3) is 11.1 Å². The topological polar surface area (TPSA) is 52.0 Å². The van der Waals surface area contributed by atoms with Gasteiger partial charge in [0.05, 0.1) is 0 Å². The number of benzene rings is 2. The molecule has 0 aromatic heterocycles. The highest BCUT2D eigenvalue weighted by Crippen LogP contribution is 2.47. The molecule has 1 aliphatic carbocycles. The summed E-state index contributed by atoms with van der Waals surface area (Å²) in [6.07, 6.45) is 1.08. The number of anilines is 2. The molecule has 2 heteroatoms. The van der Waals surface area contributed by atoms with Gasteiger partial charge in [-0.05, 0) is 52.9 Å². The SMILES string of the molecule is CCC1c2cc(N)ccc2-c2ccc(N)cc21. The minimum Gasteiger partial charge on any atom is -0.399 e. The molecule has 2 aromatic carbocycles. The number of nitrogen functional groups attached to an aromatic ring is 2. The maximum Gasteiger partial charge on any atom is 0.0317 e. The average Bonchev–Trinajstić information content (AvgIpc) is 2.60. The van der Waals surface area contributed by atoms with Crippen LogP contribution < -0.4 is 11.5 Å². The van der Waals surface area contributed by atoms with Gasteiger partial charge in [0, 0.05) is 17.3 Å². The first-order valence-electron chi connectivity index (χ1n) is 6.00. The normalized spacial score (nSPS) is 13.5. The van der Waals surface area contributed by atoms with Crippen molar-refractivity contribution >= 4 is 11.4 Å². The van der Waals surface area contributed by atoms with Crippen molar-refractivity contribution < 1.29 is 0 Å². The first-order valence-corrected chi connectivity index (χ1v) is 6.00. The highest BCUT2D eigenvalue weighted by molar-refractivity contribution is 5.81. The van der Waals surface area contributed by atoms with Gasteiger partial charge in [-0.15, -0.1) is 0 Å². The van der Waals surface area contributed by atoms with Gasteiger partial charge in [0.15, 0.2) is 0 Å². The van der Waals surface area contributed by atoms with Crippen molar-refractivity contribution in [2.75, 3.05) is 11.5 Å². The van der Waals surface area contributed by atoms with E-state index in [0.29, 0.717) is 5.92 Å². The molecule has 0 fully saturated rings. The lowest BCUT2D eigenvalue weighted by molar-refractivity contribution is 0.798. The zero-order valence-corrected chi connectivity index (χ0v) is 9.90. The van der Waals surface area contributed by atoms with Gasteiger partial charge < -0.3 is 11.5 Å². The van der Waals surface area contributed by atoms with Gasteiger partial charge in [-0.3, -0.25) is 0 Å². The van der Waals surface area contributed by atoms with Crippen LogP contribution in [0.3, 0.4) is 0 Å². The van der Waals surface area contributed by atoms with E-state index >= 15 is 0 Å². The van der Waals surface area contributed by atoms with Gasteiger partial charge in [-0.1, -0.05) is 19.1 Å². The molecule has 0 amide bonds. The summed E-state index contributed by atoms with van der Waals surface area (Å²) in [5, 5.41) is 0. The summed E-state index contributed by atoms with van der Waals surface area (Å²) in [5.74, 6) is 0.437. The lowest BCUT2D eigenvalue weighted by Crippen LogP contribution is -1.96. The molecule has 0 bridgehead atoms. The Hall–Kier alpha value is -1.96. The van der Waals surface area contributed by atoms with E-state index in [0.717, 1.165) is 17.8 Å². The second-order valence-electron chi connectivity index (χ2n) is 4.65. The molecule has 17 heavy (non-hydrogen) atoms. The van der Waals surface area contributed by atoms with Gasteiger partial charge in [0.25, 0.3) is 0 Å². The smallest absolute Gasteiger partial charge is 0.0317 e. The van der Waals surface area contributed by atoms with Crippen molar-refractivity contribution in [1.29, 1.82) is 0 Å². The van der Waals surface area contributed by atoms with Crippen LogP contribution in [0.4, 0.5) is 11.4 Å². The molecule has 86 valence electrons. The van der Waals surface area contributed by atoms with E-state index in [1.807, 2.05) is 12.1 Å². The Balaban J connectivity index is 2.28. The summed E-state index contributed by atoms with van der Waals surface area (Å²) in [5.41, 5.74) is 18.7. The van der Waals surface area contributed by atoms with Crippen LogP contribution in [0.15, 0.2) is 36.4 Å². The van der Waals surface area contributed by atoms with Crippen LogP contribution in [0, 0.1) is 0 Å². The Morgan fingerprint density at radius 2 is 1.35 bits per heavy atom. The molecule has 0 radical (unpaired) electrons. The molecule has 0 aliphatic heterocycles. The summed E-state index contributed by atoms with van der Waals surface area (Å²) in [6.45, 7) is 2.20. The Kier molecular flexibility index (Phi) is 2.11. The molecule has 0 saturated carbocycles. The number of rotatable bonds is 1. The van der Waals surface area contributed by atoms with Crippen LogP contribution >= 0.6 is 0 Å². The fourth-order valence-electron chi connectivity index (χ4n) is 2.84. The molecule has 0 saturated heterocycles. The third-order valence-electron chi connectivity index (χ3n) is 3.60. The minimum atomic E-state index is 0.437. The highest BCUT2D eigenvalue weighted by atomic mass is 14.6. The summed E-state index contributed by atoms with van der Waals surface area (Å²) in [4.78, 5) is 0. The van der Waals surface area contributed by atoms with E-state index in [9.17, 15) is 0 Å². The zero-order valence-electron chi connectivity index (χ0n) is 9.90.